The summed E-state index contributed by atoms with van der Waals surface area (Å²) in [5.41, 5.74) is 4.14. The van der Waals surface area contributed by atoms with Gasteiger partial charge in [0.05, 0.1) is 10.2 Å². The molecule has 0 radical (unpaired) electrons. The number of hydrogen-bond donors (Lipinski definition) is 1. The number of aromatic nitrogens is 1. The van der Waals surface area contributed by atoms with E-state index in [1.54, 1.807) is 17.4 Å². The van der Waals surface area contributed by atoms with E-state index < -0.39 is 0 Å². The Morgan fingerprint density at radius 1 is 1.00 bits per heavy atom. The number of nitrogens with zero attached hydrogens (tertiary/aromatic N) is 3. The van der Waals surface area contributed by atoms with Crippen LogP contribution in [0.2, 0.25) is 0 Å². The van der Waals surface area contributed by atoms with Crippen LogP contribution in [-0.4, -0.2) is 53.1 Å². The number of benzene rings is 2. The molecule has 142 valence electrons. The first kappa shape index (κ1) is 17.6. The zero-order valence-electron chi connectivity index (χ0n) is 15.9. The minimum Gasteiger partial charge on any atom is -0.507 e. The molecule has 0 bridgehead atoms. The molecule has 0 aliphatic carbocycles. The molecule has 0 unspecified atom stereocenters. The minimum atomic E-state index is 0.305. The highest BCUT2D eigenvalue weighted by atomic mass is 32.1. The van der Waals surface area contributed by atoms with E-state index in [0.29, 0.717) is 5.75 Å². The maximum atomic E-state index is 10.7. The summed E-state index contributed by atoms with van der Waals surface area (Å²) in [6, 6.07) is 14.4. The molecular weight excluding hydrogens is 366 g/mol. The van der Waals surface area contributed by atoms with E-state index in [0.717, 1.165) is 64.8 Å². The van der Waals surface area contributed by atoms with Gasteiger partial charge >= 0.3 is 0 Å². The van der Waals surface area contributed by atoms with Gasteiger partial charge < -0.3 is 10.0 Å². The average molecular weight is 390 g/mol. The fourth-order valence-electron chi connectivity index (χ4n) is 4.05. The van der Waals surface area contributed by atoms with Crippen molar-refractivity contribution in [3.8, 4) is 16.9 Å². The molecule has 2 aromatic carbocycles. The summed E-state index contributed by atoms with van der Waals surface area (Å²) in [5.74, 6) is 0.305. The van der Waals surface area contributed by atoms with Gasteiger partial charge in [0.25, 0.3) is 0 Å². The monoisotopic (exact) mass is 389 g/mol. The van der Waals surface area contributed by atoms with Crippen LogP contribution in [0.5, 0.6) is 5.75 Å². The van der Waals surface area contributed by atoms with Gasteiger partial charge in [0, 0.05) is 55.3 Å². The molecule has 4 aromatic rings. The van der Waals surface area contributed by atoms with Crippen LogP contribution in [0, 0.1) is 0 Å². The van der Waals surface area contributed by atoms with Crippen LogP contribution in [0.15, 0.2) is 54.0 Å². The van der Waals surface area contributed by atoms with Crippen LogP contribution in [0.1, 0.15) is 5.56 Å². The van der Waals surface area contributed by atoms with Gasteiger partial charge in [0.2, 0.25) is 0 Å². The van der Waals surface area contributed by atoms with E-state index in [9.17, 15) is 5.11 Å². The second kappa shape index (κ2) is 7.17. The van der Waals surface area contributed by atoms with Gasteiger partial charge in [0.1, 0.15) is 5.75 Å². The lowest BCUT2D eigenvalue weighted by Crippen LogP contribution is -2.43. The molecule has 4 nitrogen and oxygen atoms in total. The van der Waals surface area contributed by atoms with E-state index in [-0.39, 0.29) is 0 Å². The lowest BCUT2D eigenvalue weighted by Gasteiger charge is -2.32. The normalized spacial score (nSPS) is 16.2. The molecule has 0 atom stereocenters. The third-order valence-electron chi connectivity index (χ3n) is 5.69. The van der Waals surface area contributed by atoms with Gasteiger partial charge in [-0.05, 0) is 41.8 Å². The summed E-state index contributed by atoms with van der Waals surface area (Å²) in [6.07, 6.45) is 1.92. The molecule has 5 rings (SSSR count). The third-order valence-corrected chi connectivity index (χ3v) is 6.54. The smallest absolute Gasteiger partial charge is 0.124 e. The highest BCUT2D eigenvalue weighted by molar-refractivity contribution is 7.17. The van der Waals surface area contributed by atoms with Crippen molar-refractivity contribution in [1.82, 2.24) is 14.8 Å². The summed E-state index contributed by atoms with van der Waals surface area (Å²) in [5, 5.41) is 14.9. The fraction of sp³-hybridized carbons (Fsp3) is 0.261. The summed E-state index contributed by atoms with van der Waals surface area (Å²) in [4.78, 5) is 9.48. The number of likely N-dealkylation sites (N-methyl/N-ethyl adjacent to an activating group) is 1. The first-order chi connectivity index (χ1) is 13.7. The first-order valence-electron chi connectivity index (χ1n) is 9.67. The summed E-state index contributed by atoms with van der Waals surface area (Å²) >= 11 is 1.68. The minimum absolute atomic E-state index is 0.305. The zero-order valence-corrected chi connectivity index (χ0v) is 16.7. The Morgan fingerprint density at radius 3 is 2.57 bits per heavy atom. The Labute approximate surface area is 168 Å². The van der Waals surface area contributed by atoms with Gasteiger partial charge in [-0.3, -0.25) is 9.88 Å². The van der Waals surface area contributed by atoms with Crippen molar-refractivity contribution < 1.29 is 5.11 Å². The first-order valence-corrected chi connectivity index (χ1v) is 10.5. The number of piperazine rings is 1. The number of fused-ring (bicyclic) bond motifs is 3. The quantitative estimate of drug-likeness (QED) is 0.557. The van der Waals surface area contributed by atoms with E-state index >= 15 is 0 Å². The summed E-state index contributed by atoms with van der Waals surface area (Å²) in [7, 11) is 2.18. The molecule has 1 aliphatic rings. The second-order valence-corrected chi connectivity index (χ2v) is 8.53. The molecule has 3 heterocycles. The van der Waals surface area contributed by atoms with Crippen molar-refractivity contribution >= 4 is 32.3 Å². The summed E-state index contributed by atoms with van der Waals surface area (Å²) in [6.45, 7) is 5.47. The topological polar surface area (TPSA) is 39.6 Å². The molecule has 1 fully saturated rings. The highest BCUT2D eigenvalue weighted by Gasteiger charge is 2.16. The fourth-order valence-corrected chi connectivity index (χ4v) is 4.81. The Balaban J connectivity index is 1.52. The molecule has 1 saturated heterocycles. The van der Waals surface area contributed by atoms with Gasteiger partial charge in [-0.1, -0.05) is 24.3 Å². The Hall–Kier alpha value is -2.47. The molecule has 28 heavy (non-hydrogen) atoms. The molecule has 1 aliphatic heterocycles. The molecular formula is C23H23N3OS. The average Bonchev–Trinajstić information content (AvgIpc) is 3.20. The van der Waals surface area contributed by atoms with E-state index in [1.807, 2.05) is 12.3 Å². The second-order valence-electron chi connectivity index (χ2n) is 7.59. The Morgan fingerprint density at radius 2 is 1.79 bits per heavy atom. The van der Waals surface area contributed by atoms with Gasteiger partial charge in [-0.15, -0.1) is 11.3 Å². The van der Waals surface area contributed by atoms with Crippen LogP contribution in [0.25, 0.3) is 32.1 Å². The largest absolute Gasteiger partial charge is 0.507 e. The van der Waals surface area contributed by atoms with Crippen molar-refractivity contribution in [1.29, 1.82) is 0 Å². The lowest BCUT2D eigenvalue weighted by atomic mass is 9.96. The number of phenols is 1. The van der Waals surface area contributed by atoms with Crippen molar-refractivity contribution in [3.63, 3.8) is 0 Å². The van der Waals surface area contributed by atoms with Crippen LogP contribution in [0.4, 0.5) is 0 Å². The van der Waals surface area contributed by atoms with E-state index in [4.69, 9.17) is 0 Å². The maximum Gasteiger partial charge on any atom is 0.124 e. The number of pyridine rings is 1. The van der Waals surface area contributed by atoms with Crippen molar-refractivity contribution in [2.45, 2.75) is 6.54 Å². The molecule has 1 N–H and O–H groups in total. The van der Waals surface area contributed by atoms with Crippen LogP contribution in [0.3, 0.4) is 0 Å². The van der Waals surface area contributed by atoms with Crippen LogP contribution in [-0.2, 0) is 6.54 Å². The Kier molecular flexibility index (Phi) is 4.51. The van der Waals surface area contributed by atoms with Crippen molar-refractivity contribution in [2.75, 3.05) is 33.2 Å². The van der Waals surface area contributed by atoms with Crippen molar-refractivity contribution in [3.05, 3.63) is 59.6 Å². The van der Waals surface area contributed by atoms with Crippen molar-refractivity contribution in [2.24, 2.45) is 0 Å². The number of thiophene rings is 1. The molecule has 2 aromatic heterocycles. The van der Waals surface area contributed by atoms with Crippen LogP contribution >= 0.6 is 11.3 Å². The predicted octanol–water partition coefficient (Wildman–Crippen LogP) is 4.57. The molecule has 0 saturated carbocycles. The highest BCUT2D eigenvalue weighted by Crippen LogP contribution is 2.40. The number of hydrogen-bond acceptors (Lipinski definition) is 5. The standard InChI is InChI=1S/C23H23N3OS/c1-25-9-11-26(12-10-25)15-16-2-4-17(5-3-16)22-20(27)7-6-19-23(22)18-8-13-28-21(18)14-24-19/h2-8,13-14,27H,9-12,15H2,1H3. The number of rotatable bonds is 3. The maximum absolute atomic E-state index is 10.7. The van der Waals surface area contributed by atoms with E-state index in [2.05, 4.69) is 57.5 Å². The molecule has 5 heteroatoms. The van der Waals surface area contributed by atoms with Gasteiger partial charge in [0.15, 0.2) is 0 Å². The third kappa shape index (κ3) is 3.15. The summed E-state index contributed by atoms with van der Waals surface area (Å²) < 4.78 is 1.14. The SMILES string of the molecule is CN1CCN(Cc2ccc(-c3c(O)ccc4ncc5sccc5c34)cc2)CC1. The van der Waals surface area contributed by atoms with E-state index in [1.165, 1.54) is 5.56 Å². The predicted molar refractivity (Wildman–Crippen MR) is 117 cm³/mol. The Bertz CT molecular complexity index is 1130. The molecule has 0 spiro atoms. The molecule has 0 amide bonds. The van der Waals surface area contributed by atoms with Gasteiger partial charge in [-0.2, -0.15) is 0 Å². The van der Waals surface area contributed by atoms with Gasteiger partial charge in [-0.25, -0.2) is 0 Å². The zero-order chi connectivity index (χ0) is 19.1. The number of phenolic OH excluding ortho intramolecular Hbond substituents is 1. The number of aromatic hydroxyl groups is 1. The van der Waals surface area contributed by atoms with Crippen LogP contribution < -0.4 is 0 Å². The lowest BCUT2D eigenvalue weighted by molar-refractivity contribution is 0.148.